The zero-order valence-corrected chi connectivity index (χ0v) is 15.2. The van der Waals surface area contributed by atoms with E-state index in [1.165, 1.54) is 11.3 Å². The van der Waals surface area contributed by atoms with E-state index in [2.05, 4.69) is 42.7 Å². The van der Waals surface area contributed by atoms with E-state index in [1.807, 2.05) is 25.2 Å². The van der Waals surface area contributed by atoms with Gasteiger partial charge in [0.05, 0.1) is 0 Å². The minimum atomic E-state index is 0.445. The third-order valence-corrected chi connectivity index (χ3v) is 7.99. The first-order valence-electron chi connectivity index (χ1n) is 6.89. The molecule has 1 saturated heterocycles. The standard InChI is InChI=1S/C15H21Cl2NS2/c1-9-10(2)20-15(8-19-9)14(18-3)6-11-4-5-12(16)7-13(11)17/h4-5,7,9-10,14-15,18H,6,8H2,1-3H3. The molecule has 0 aromatic heterocycles. The van der Waals surface area contributed by atoms with Gasteiger partial charge in [0, 0.05) is 37.6 Å². The average Bonchev–Trinajstić information content (AvgIpc) is 2.41. The highest BCUT2D eigenvalue weighted by Gasteiger charge is 2.30. The number of nitrogens with one attached hydrogen (secondary N) is 1. The Morgan fingerprint density at radius 1 is 1.30 bits per heavy atom. The summed E-state index contributed by atoms with van der Waals surface area (Å²) in [6.07, 6.45) is 0.950. The van der Waals surface area contributed by atoms with Crippen molar-refractivity contribution < 1.29 is 0 Å². The molecule has 5 heteroatoms. The highest BCUT2D eigenvalue weighted by molar-refractivity contribution is 8.07. The van der Waals surface area contributed by atoms with Gasteiger partial charge >= 0.3 is 0 Å². The van der Waals surface area contributed by atoms with Gasteiger partial charge in [0.1, 0.15) is 0 Å². The molecule has 20 heavy (non-hydrogen) atoms. The lowest BCUT2D eigenvalue weighted by atomic mass is 10.0. The summed E-state index contributed by atoms with van der Waals surface area (Å²) in [5.74, 6) is 1.20. The Balaban J connectivity index is 2.05. The van der Waals surface area contributed by atoms with Crippen molar-refractivity contribution in [1.82, 2.24) is 5.32 Å². The average molecular weight is 350 g/mol. The van der Waals surface area contributed by atoms with Gasteiger partial charge < -0.3 is 5.32 Å². The van der Waals surface area contributed by atoms with Crippen LogP contribution in [0.4, 0.5) is 0 Å². The topological polar surface area (TPSA) is 12.0 Å². The molecule has 1 nitrogen and oxygen atoms in total. The molecule has 1 heterocycles. The maximum atomic E-state index is 6.30. The largest absolute Gasteiger partial charge is 0.316 e. The van der Waals surface area contributed by atoms with Gasteiger partial charge in [-0.25, -0.2) is 0 Å². The lowest BCUT2D eigenvalue weighted by Gasteiger charge is -2.36. The zero-order valence-electron chi connectivity index (χ0n) is 12.0. The summed E-state index contributed by atoms with van der Waals surface area (Å²) in [6.45, 7) is 4.65. The molecule has 4 atom stereocenters. The fourth-order valence-electron chi connectivity index (χ4n) is 2.36. The van der Waals surface area contributed by atoms with Gasteiger partial charge in [-0.2, -0.15) is 23.5 Å². The van der Waals surface area contributed by atoms with Gasteiger partial charge in [-0.3, -0.25) is 0 Å². The summed E-state index contributed by atoms with van der Waals surface area (Å²) in [5.41, 5.74) is 1.17. The summed E-state index contributed by atoms with van der Waals surface area (Å²) >= 11 is 16.4. The van der Waals surface area contributed by atoms with Crippen LogP contribution in [0.3, 0.4) is 0 Å². The molecule has 1 aromatic carbocycles. The highest BCUT2D eigenvalue weighted by Crippen LogP contribution is 2.38. The van der Waals surface area contributed by atoms with Crippen LogP contribution in [0.15, 0.2) is 18.2 Å². The minimum Gasteiger partial charge on any atom is -0.316 e. The SMILES string of the molecule is CNC(Cc1ccc(Cl)cc1Cl)C1CSC(C)C(C)S1. The molecule has 1 aliphatic heterocycles. The lowest BCUT2D eigenvalue weighted by molar-refractivity contribution is 0.554. The molecule has 0 bridgehead atoms. The number of hydrogen-bond donors (Lipinski definition) is 1. The van der Waals surface area contributed by atoms with Crippen LogP contribution in [-0.2, 0) is 6.42 Å². The van der Waals surface area contributed by atoms with Crippen LogP contribution in [0.25, 0.3) is 0 Å². The number of hydrogen-bond acceptors (Lipinski definition) is 3. The van der Waals surface area contributed by atoms with Gasteiger partial charge in [0.2, 0.25) is 0 Å². The van der Waals surface area contributed by atoms with Gasteiger partial charge in [-0.15, -0.1) is 0 Å². The van der Waals surface area contributed by atoms with Gasteiger partial charge in [-0.05, 0) is 31.2 Å². The second kappa shape index (κ2) is 7.64. The maximum Gasteiger partial charge on any atom is 0.0453 e. The van der Waals surface area contributed by atoms with Crippen molar-refractivity contribution in [2.75, 3.05) is 12.8 Å². The van der Waals surface area contributed by atoms with Crippen molar-refractivity contribution in [3.8, 4) is 0 Å². The molecule has 1 aliphatic rings. The van der Waals surface area contributed by atoms with E-state index in [1.54, 1.807) is 0 Å². The first-order chi connectivity index (χ1) is 9.51. The molecule has 2 rings (SSSR count). The van der Waals surface area contributed by atoms with Crippen LogP contribution in [0.5, 0.6) is 0 Å². The Labute approximate surface area is 140 Å². The van der Waals surface area contributed by atoms with Crippen LogP contribution < -0.4 is 5.32 Å². The Bertz CT molecular complexity index is 455. The number of rotatable bonds is 4. The quantitative estimate of drug-likeness (QED) is 0.842. The smallest absolute Gasteiger partial charge is 0.0453 e. The van der Waals surface area contributed by atoms with Crippen molar-refractivity contribution >= 4 is 46.7 Å². The monoisotopic (exact) mass is 349 g/mol. The molecule has 1 N–H and O–H groups in total. The fraction of sp³-hybridized carbons (Fsp3) is 0.600. The molecule has 1 fully saturated rings. The van der Waals surface area contributed by atoms with E-state index in [-0.39, 0.29) is 0 Å². The minimum absolute atomic E-state index is 0.445. The first-order valence-corrected chi connectivity index (χ1v) is 9.64. The van der Waals surface area contributed by atoms with Gasteiger partial charge in [0.25, 0.3) is 0 Å². The second-order valence-electron chi connectivity index (χ2n) is 5.25. The molecule has 112 valence electrons. The van der Waals surface area contributed by atoms with Gasteiger partial charge in [0.15, 0.2) is 0 Å². The number of likely N-dealkylation sites (N-methyl/N-ethyl adjacent to an activating group) is 1. The number of benzene rings is 1. The molecular formula is C15H21Cl2NS2. The lowest BCUT2D eigenvalue weighted by Crippen LogP contribution is -2.43. The molecule has 0 radical (unpaired) electrons. The van der Waals surface area contributed by atoms with Crippen molar-refractivity contribution in [2.45, 2.75) is 42.1 Å². The van der Waals surface area contributed by atoms with E-state index >= 15 is 0 Å². The number of thioether (sulfide) groups is 2. The molecular weight excluding hydrogens is 329 g/mol. The van der Waals surface area contributed by atoms with Crippen LogP contribution in [0, 0.1) is 0 Å². The first kappa shape index (κ1) is 16.8. The van der Waals surface area contributed by atoms with E-state index in [4.69, 9.17) is 23.2 Å². The molecule has 0 spiro atoms. The van der Waals surface area contributed by atoms with E-state index in [0.717, 1.165) is 16.7 Å². The Kier molecular flexibility index (Phi) is 6.43. The van der Waals surface area contributed by atoms with E-state index in [0.29, 0.717) is 21.6 Å². The normalized spacial score (nSPS) is 28.4. The molecule has 0 saturated carbocycles. The zero-order chi connectivity index (χ0) is 14.7. The van der Waals surface area contributed by atoms with E-state index < -0.39 is 0 Å². The Hall–Kier alpha value is 0.460. The molecule has 0 amide bonds. The summed E-state index contributed by atoms with van der Waals surface area (Å²) < 4.78 is 0. The van der Waals surface area contributed by atoms with Crippen LogP contribution in [0.2, 0.25) is 10.0 Å². The summed E-state index contributed by atoms with van der Waals surface area (Å²) in [7, 11) is 2.04. The molecule has 4 unspecified atom stereocenters. The summed E-state index contributed by atoms with van der Waals surface area (Å²) in [6, 6.07) is 6.24. The van der Waals surface area contributed by atoms with Crippen molar-refractivity contribution in [3.63, 3.8) is 0 Å². The van der Waals surface area contributed by atoms with Gasteiger partial charge in [-0.1, -0.05) is 43.1 Å². The Morgan fingerprint density at radius 3 is 2.65 bits per heavy atom. The molecule has 1 aromatic rings. The van der Waals surface area contributed by atoms with Crippen molar-refractivity contribution in [2.24, 2.45) is 0 Å². The third kappa shape index (κ3) is 4.23. The second-order valence-corrected chi connectivity index (χ2v) is 9.13. The predicted octanol–water partition coefficient (Wildman–Crippen LogP) is 4.75. The highest BCUT2D eigenvalue weighted by atomic mass is 35.5. The van der Waals surface area contributed by atoms with E-state index in [9.17, 15) is 0 Å². The summed E-state index contributed by atoms with van der Waals surface area (Å²) in [4.78, 5) is 0. The predicted molar refractivity (Wildman–Crippen MR) is 95.8 cm³/mol. The fourth-order valence-corrected chi connectivity index (χ4v) is 6.02. The van der Waals surface area contributed by atoms with Crippen LogP contribution >= 0.6 is 46.7 Å². The molecule has 0 aliphatic carbocycles. The van der Waals surface area contributed by atoms with Crippen molar-refractivity contribution in [1.29, 1.82) is 0 Å². The third-order valence-electron chi connectivity index (χ3n) is 3.85. The maximum absolute atomic E-state index is 6.30. The number of halogens is 2. The van der Waals surface area contributed by atoms with Crippen LogP contribution in [0.1, 0.15) is 19.4 Å². The van der Waals surface area contributed by atoms with Crippen molar-refractivity contribution in [3.05, 3.63) is 33.8 Å². The van der Waals surface area contributed by atoms with Crippen LogP contribution in [-0.4, -0.2) is 34.6 Å². The summed E-state index contributed by atoms with van der Waals surface area (Å²) in [5, 5.41) is 7.02. The Morgan fingerprint density at radius 2 is 2.05 bits per heavy atom.